The molecule has 1 aromatic rings. The summed E-state index contributed by atoms with van der Waals surface area (Å²) in [7, 11) is 4.34. The SMILES string of the molecule is COC1=C(C)C(=O)C[C@@H](C)[C@]12Oc1c(Cl)c(OC)cc(OC)c1C2=O. The van der Waals surface area contributed by atoms with Crippen LogP contribution in [0, 0.1) is 5.92 Å². The number of hydrogen-bond acceptors (Lipinski definition) is 6. The molecule has 2 aliphatic rings. The van der Waals surface area contributed by atoms with Gasteiger partial charge in [0, 0.05) is 24.0 Å². The standard InChI is InChI=1S/C18H19ClO6/c1-8-6-10(20)9(2)17(24-5)18(8)16(21)13-11(22-3)7-12(23-4)14(19)15(13)25-18/h7-8H,6H2,1-5H3/t8-,18-/m1/s1. The molecule has 1 aliphatic carbocycles. The molecule has 6 nitrogen and oxygen atoms in total. The first-order valence-electron chi connectivity index (χ1n) is 7.80. The highest BCUT2D eigenvalue weighted by Crippen LogP contribution is 2.55. The third kappa shape index (κ3) is 2.16. The Morgan fingerprint density at radius 2 is 1.80 bits per heavy atom. The quantitative estimate of drug-likeness (QED) is 0.818. The predicted molar refractivity (Wildman–Crippen MR) is 90.7 cm³/mol. The lowest BCUT2D eigenvalue weighted by atomic mass is 9.73. The Labute approximate surface area is 150 Å². The van der Waals surface area contributed by atoms with Gasteiger partial charge in [0.1, 0.15) is 22.1 Å². The molecule has 0 fully saturated rings. The van der Waals surface area contributed by atoms with Crippen molar-refractivity contribution >= 4 is 23.2 Å². The van der Waals surface area contributed by atoms with Crippen molar-refractivity contribution in [2.24, 2.45) is 5.92 Å². The van der Waals surface area contributed by atoms with Gasteiger partial charge < -0.3 is 18.9 Å². The molecule has 1 aromatic carbocycles. The normalized spacial score (nSPS) is 25.1. The summed E-state index contributed by atoms with van der Waals surface area (Å²) in [5.41, 5.74) is -0.820. The van der Waals surface area contributed by atoms with Gasteiger partial charge in [0.05, 0.1) is 21.3 Å². The van der Waals surface area contributed by atoms with Crippen LogP contribution in [0.15, 0.2) is 17.4 Å². The van der Waals surface area contributed by atoms with Gasteiger partial charge in [0.15, 0.2) is 17.3 Å². The molecule has 2 atom stereocenters. The first-order chi connectivity index (χ1) is 11.8. The summed E-state index contributed by atoms with van der Waals surface area (Å²) in [6, 6.07) is 1.54. The van der Waals surface area contributed by atoms with Gasteiger partial charge in [0.25, 0.3) is 0 Å². The van der Waals surface area contributed by atoms with Crippen LogP contribution < -0.4 is 14.2 Å². The Bertz CT molecular complexity index is 812. The zero-order valence-corrected chi connectivity index (χ0v) is 15.4. The molecule has 1 heterocycles. The van der Waals surface area contributed by atoms with Crippen LogP contribution in [0.1, 0.15) is 30.6 Å². The Hall–Kier alpha value is -2.21. The lowest BCUT2D eigenvalue weighted by Gasteiger charge is -2.38. The lowest BCUT2D eigenvalue weighted by Crippen LogP contribution is -2.52. The minimum absolute atomic E-state index is 0.0713. The summed E-state index contributed by atoms with van der Waals surface area (Å²) < 4.78 is 22.2. The number of fused-ring (bicyclic) bond motifs is 1. The summed E-state index contributed by atoms with van der Waals surface area (Å²) in [6.45, 7) is 3.42. The molecule has 0 radical (unpaired) electrons. The maximum atomic E-state index is 13.4. The largest absolute Gasteiger partial charge is 0.496 e. The van der Waals surface area contributed by atoms with E-state index in [-0.39, 0.29) is 40.1 Å². The third-order valence-electron chi connectivity index (χ3n) is 4.90. The number of methoxy groups -OCH3 is 3. The fraction of sp³-hybridized carbons (Fsp3) is 0.444. The molecule has 134 valence electrons. The van der Waals surface area contributed by atoms with Crippen LogP contribution in [-0.4, -0.2) is 38.5 Å². The average molecular weight is 367 g/mol. The van der Waals surface area contributed by atoms with Crippen molar-refractivity contribution in [1.82, 2.24) is 0 Å². The molecular formula is C18H19ClO6. The van der Waals surface area contributed by atoms with E-state index < -0.39 is 11.5 Å². The van der Waals surface area contributed by atoms with E-state index in [1.165, 1.54) is 21.3 Å². The summed E-state index contributed by atoms with van der Waals surface area (Å²) in [6.07, 6.45) is 0.176. The molecule has 0 amide bonds. The van der Waals surface area contributed by atoms with E-state index >= 15 is 0 Å². The van der Waals surface area contributed by atoms with Crippen LogP contribution in [0.25, 0.3) is 0 Å². The molecule has 0 saturated heterocycles. The van der Waals surface area contributed by atoms with E-state index in [9.17, 15) is 9.59 Å². The predicted octanol–water partition coefficient (Wildman–Crippen LogP) is 3.20. The smallest absolute Gasteiger partial charge is 0.231 e. The zero-order chi connectivity index (χ0) is 18.5. The van der Waals surface area contributed by atoms with Gasteiger partial charge in [-0.15, -0.1) is 0 Å². The number of halogens is 1. The van der Waals surface area contributed by atoms with Crippen LogP contribution in [0.3, 0.4) is 0 Å². The van der Waals surface area contributed by atoms with Crippen LogP contribution in [0.5, 0.6) is 17.2 Å². The number of carbonyl (C=O) groups excluding carboxylic acids is 2. The molecule has 1 spiro atoms. The highest BCUT2D eigenvalue weighted by Gasteiger charge is 2.61. The number of ketones is 2. The monoisotopic (exact) mass is 366 g/mol. The van der Waals surface area contributed by atoms with E-state index in [4.69, 9.17) is 30.5 Å². The number of carbonyl (C=O) groups is 2. The Morgan fingerprint density at radius 3 is 2.36 bits per heavy atom. The van der Waals surface area contributed by atoms with Crippen LogP contribution in [-0.2, 0) is 9.53 Å². The van der Waals surface area contributed by atoms with Crippen molar-refractivity contribution in [2.45, 2.75) is 25.9 Å². The van der Waals surface area contributed by atoms with Crippen molar-refractivity contribution in [3.63, 3.8) is 0 Å². The van der Waals surface area contributed by atoms with Crippen LogP contribution in [0.4, 0.5) is 0 Å². The molecule has 25 heavy (non-hydrogen) atoms. The summed E-state index contributed by atoms with van der Waals surface area (Å²) in [5, 5.41) is 0.181. The van der Waals surface area contributed by atoms with E-state index in [0.29, 0.717) is 17.1 Å². The maximum Gasteiger partial charge on any atom is 0.231 e. The van der Waals surface area contributed by atoms with Gasteiger partial charge in [-0.1, -0.05) is 18.5 Å². The minimum atomic E-state index is -1.43. The van der Waals surface area contributed by atoms with Crippen molar-refractivity contribution in [1.29, 1.82) is 0 Å². The number of ether oxygens (including phenoxy) is 4. The van der Waals surface area contributed by atoms with Gasteiger partial charge in [-0.05, 0) is 6.92 Å². The molecule has 0 bridgehead atoms. The highest BCUT2D eigenvalue weighted by atomic mass is 35.5. The molecule has 0 unspecified atom stereocenters. The van der Waals surface area contributed by atoms with Crippen molar-refractivity contribution < 1.29 is 28.5 Å². The first kappa shape index (κ1) is 17.6. The molecular weight excluding hydrogens is 348 g/mol. The Balaban J connectivity index is 2.30. The second-order valence-corrected chi connectivity index (χ2v) is 6.53. The van der Waals surface area contributed by atoms with Crippen molar-refractivity contribution in [2.75, 3.05) is 21.3 Å². The number of hydrogen-bond donors (Lipinski definition) is 0. The fourth-order valence-corrected chi connectivity index (χ4v) is 3.85. The van der Waals surface area contributed by atoms with Gasteiger partial charge in [-0.25, -0.2) is 0 Å². The average Bonchev–Trinajstić information content (AvgIpc) is 2.90. The summed E-state index contributed by atoms with van der Waals surface area (Å²) in [5.74, 6) is 0.209. The number of benzene rings is 1. The summed E-state index contributed by atoms with van der Waals surface area (Å²) >= 11 is 6.37. The zero-order valence-electron chi connectivity index (χ0n) is 14.7. The number of Topliss-reactive ketones (excluding diaryl/α,β-unsaturated/α-hetero) is 2. The second kappa shape index (κ2) is 5.95. The molecule has 0 aromatic heterocycles. The molecule has 7 heteroatoms. The van der Waals surface area contributed by atoms with Crippen molar-refractivity contribution in [3.05, 3.63) is 28.0 Å². The van der Waals surface area contributed by atoms with Crippen LogP contribution >= 0.6 is 11.6 Å². The minimum Gasteiger partial charge on any atom is -0.496 e. The van der Waals surface area contributed by atoms with E-state index in [2.05, 4.69) is 0 Å². The van der Waals surface area contributed by atoms with Gasteiger partial charge in [-0.3, -0.25) is 9.59 Å². The van der Waals surface area contributed by atoms with Gasteiger partial charge in [-0.2, -0.15) is 0 Å². The molecule has 1 aliphatic heterocycles. The Morgan fingerprint density at radius 1 is 1.16 bits per heavy atom. The van der Waals surface area contributed by atoms with Crippen LogP contribution in [0.2, 0.25) is 5.02 Å². The highest BCUT2D eigenvalue weighted by molar-refractivity contribution is 6.35. The molecule has 3 rings (SSSR count). The second-order valence-electron chi connectivity index (χ2n) is 6.15. The third-order valence-corrected chi connectivity index (χ3v) is 5.26. The summed E-state index contributed by atoms with van der Waals surface area (Å²) in [4.78, 5) is 25.6. The molecule has 0 N–H and O–H groups in total. The molecule has 0 saturated carbocycles. The van der Waals surface area contributed by atoms with E-state index in [1.807, 2.05) is 0 Å². The first-order valence-corrected chi connectivity index (χ1v) is 8.18. The van der Waals surface area contributed by atoms with E-state index in [0.717, 1.165) is 0 Å². The number of allylic oxidation sites excluding steroid dienone is 1. The van der Waals surface area contributed by atoms with E-state index in [1.54, 1.807) is 19.9 Å². The van der Waals surface area contributed by atoms with Gasteiger partial charge in [0.2, 0.25) is 11.4 Å². The van der Waals surface area contributed by atoms with Crippen molar-refractivity contribution in [3.8, 4) is 17.2 Å². The number of rotatable bonds is 3. The maximum absolute atomic E-state index is 13.4. The topological polar surface area (TPSA) is 71.1 Å². The fourth-order valence-electron chi connectivity index (χ4n) is 3.58. The van der Waals surface area contributed by atoms with Gasteiger partial charge >= 0.3 is 0 Å². The Kier molecular flexibility index (Phi) is 4.19. The lowest BCUT2D eigenvalue weighted by molar-refractivity contribution is -0.119.